The maximum absolute atomic E-state index is 10.8. The molecule has 5 nitrogen and oxygen atoms in total. The van der Waals surface area contributed by atoms with E-state index in [-0.39, 0.29) is 31.1 Å². The number of rotatable bonds is 4. The second-order valence-electron chi connectivity index (χ2n) is 3.69. The number of carbonyl (C=O) groups excluding carboxylic acids is 1. The summed E-state index contributed by atoms with van der Waals surface area (Å²) in [6.45, 7) is 2.57. The van der Waals surface area contributed by atoms with E-state index in [1.807, 2.05) is 18.2 Å². The fourth-order valence-corrected chi connectivity index (χ4v) is 1.42. The van der Waals surface area contributed by atoms with Gasteiger partial charge in [0.2, 0.25) is 12.7 Å². The van der Waals surface area contributed by atoms with E-state index in [0.29, 0.717) is 6.54 Å². The molecular weight excluding hydrogens is 244 g/mol. The second kappa shape index (κ2) is 5.75. The standard InChI is InChI=1S/C11H14N2O3.ClH/c1-7(11(12)14)13-5-8-2-3-9-10(4-8)16-6-15-9;/h2-4,7,13H,5-6H2,1H3,(H2,12,14);1H. The van der Waals surface area contributed by atoms with E-state index in [1.165, 1.54) is 0 Å². The molecule has 0 aromatic heterocycles. The Morgan fingerprint density at radius 3 is 2.88 bits per heavy atom. The average molecular weight is 259 g/mol. The van der Waals surface area contributed by atoms with Crippen molar-refractivity contribution in [3.63, 3.8) is 0 Å². The van der Waals surface area contributed by atoms with Crippen molar-refractivity contribution in [3.05, 3.63) is 23.8 Å². The van der Waals surface area contributed by atoms with Gasteiger partial charge in [-0.3, -0.25) is 4.79 Å². The van der Waals surface area contributed by atoms with Gasteiger partial charge in [0.25, 0.3) is 0 Å². The van der Waals surface area contributed by atoms with Crippen LogP contribution in [0.4, 0.5) is 0 Å². The average Bonchev–Trinajstić information content (AvgIpc) is 2.72. The molecular formula is C11H15ClN2O3. The molecule has 1 aliphatic heterocycles. The fraction of sp³-hybridized carbons (Fsp3) is 0.364. The molecule has 2 rings (SSSR count). The highest BCUT2D eigenvalue weighted by atomic mass is 35.5. The van der Waals surface area contributed by atoms with Crippen LogP contribution in [0.15, 0.2) is 18.2 Å². The van der Waals surface area contributed by atoms with E-state index in [2.05, 4.69) is 5.32 Å². The largest absolute Gasteiger partial charge is 0.454 e. The zero-order valence-electron chi connectivity index (χ0n) is 9.43. The van der Waals surface area contributed by atoms with Crippen LogP contribution < -0.4 is 20.5 Å². The summed E-state index contributed by atoms with van der Waals surface area (Å²) >= 11 is 0. The number of hydrogen-bond donors (Lipinski definition) is 2. The fourth-order valence-electron chi connectivity index (χ4n) is 1.42. The molecule has 94 valence electrons. The van der Waals surface area contributed by atoms with Crippen molar-refractivity contribution >= 4 is 18.3 Å². The lowest BCUT2D eigenvalue weighted by Gasteiger charge is -2.10. The van der Waals surface area contributed by atoms with E-state index in [4.69, 9.17) is 15.2 Å². The molecule has 1 amide bonds. The van der Waals surface area contributed by atoms with Crippen LogP contribution in [0.5, 0.6) is 11.5 Å². The first-order valence-corrected chi connectivity index (χ1v) is 5.08. The van der Waals surface area contributed by atoms with Gasteiger partial charge in [-0.2, -0.15) is 0 Å². The van der Waals surface area contributed by atoms with Crippen LogP contribution in [0.2, 0.25) is 0 Å². The normalized spacial score (nSPS) is 13.9. The smallest absolute Gasteiger partial charge is 0.234 e. The lowest BCUT2D eigenvalue weighted by atomic mass is 10.2. The Labute approximate surface area is 106 Å². The van der Waals surface area contributed by atoms with Crippen molar-refractivity contribution in [1.29, 1.82) is 0 Å². The summed E-state index contributed by atoms with van der Waals surface area (Å²) in [4.78, 5) is 10.8. The van der Waals surface area contributed by atoms with E-state index in [9.17, 15) is 4.79 Å². The first kappa shape index (κ1) is 13.6. The van der Waals surface area contributed by atoms with Crippen LogP contribution in [0.3, 0.4) is 0 Å². The molecule has 0 saturated heterocycles. The van der Waals surface area contributed by atoms with Gasteiger partial charge in [0, 0.05) is 6.54 Å². The summed E-state index contributed by atoms with van der Waals surface area (Å²) in [5, 5.41) is 3.02. The molecule has 3 N–H and O–H groups in total. The highest BCUT2D eigenvalue weighted by Crippen LogP contribution is 2.32. The van der Waals surface area contributed by atoms with Crippen molar-refractivity contribution in [1.82, 2.24) is 5.32 Å². The number of ether oxygens (including phenoxy) is 2. The topological polar surface area (TPSA) is 73.6 Å². The Kier molecular flexibility index (Phi) is 4.60. The van der Waals surface area contributed by atoms with E-state index < -0.39 is 0 Å². The molecule has 1 aromatic carbocycles. The molecule has 0 radical (unpaired) electrons. The van der Waals surface area contributed by atoms with Gasteiger partial charge in [0.1, 0.15) is 0 Å². The van der Waals surface area contributed by atoms with Crippen molar-refractivity contribution in [3.8, 4) is 11.5 Å². The molecule has 1 atom stereocenters. The Morgan fingerprint density at radius 1 is 1.47 bits per heavy atom. The van der Waals surface area contributed by atoms with Gasteiger partial charge < -0.3 is 20.5 Å². The number of hydrogen-bond acceptors (Lipinski definition) is 4. The molecule has 1 aromatic rings. The van der Waals surface area contributed by atoms with Crippen molar-refractivity contribution in [2.45, 2.75) is 19.5 Å². The first-order valence-electron chi connectivity index (χ1n) is 5.08. The number of nitrogens with one attached hydrogen (secondary N) is 1. The lowest BCUT2D eigenvalue weighted by Crippen LogP contribution is -2.38. The molecule has 1 aliphatic rings. The van der Waals surface area contributed by atoms with Crippen molar-refractivity contribution in [2.75, 3.05) is 6.79 Å². The van der Waals surface area contributed by atoms with Gasteiger partial charge in [-0.05, 0) is 24.6 Å². The molecule has 0 bridgehead atoms. The molecule has 1 unspecified atom stereocenters. The Balaban J connectivity index is 0.00000144. The minimum atomic E-state index is -0.360. The summed E-state index contributed by atoms with van der Waals surface area (Å²) < 4.78 is 10.5. The summed E-state index contributed by atoms with van der Waals surface area (Å²) in [6.07, 6.45) is 0. The number of halogens is 1. The summed E-state index contributed by atoms with van der Waals surface area (Å²) in [7, 11) is 0. The number of amides is 1. The van der Waals surface area contributed by atoms with E-state index in [0.717, 1.165) is 17.1 Å². The minimum Gasteiger partial charge on any atom is -0.454 e. The Hall–Kier alpha value is -1.46. The van der Waals surface area contributed by atoms with Gasteiger partial charge in [0.15, 0.2) is 11.5 Å². The number of nitrogens with two attached hydrogens (primary N) is 1. The zero-order chi connectivity index (χ0) is 11.5. The number of primary amides is 1. The third-order valence-electron chi connectivity index (χ3n) is 2.48. The molecule has 6 heteroatoms. The van der Waals surface area contributed by atoms with Crippen molar-refractivity contribution < 1.29 is 14.3 Å². The highest BCUT2D eigenvalue weighted by molar-refractivity contribution is 5.85. The van der Waals surface area contributed by atoms with Crippen LogP contribution in [-0.4, -0.2) is 18.7 Å². The number of carbonyl (C=O) groups is 1. The second-order valence-corrected chi connectivity index (χ2v) is 3.69. The predicted octanol–water partition coefficient (Wildman–Crippen LogP) is 0.800. The van der Waals surface area contributed by atoms with Crippen LogP contribution in [-0.2, 0) is 11.3 Å². The first-order chi connectivity index (χ1) is 7.66. The van der Waals surface area contributed by atoms with Gasteiger partial charge >= 0.3 is 0 Å². The quantitative estimate of drug-likeness (QED) is 0.838. The van der Waals surface area contributed by atoms with Gasteiger partial charge in [0.05, 0.1) is 6.04 Å². The number of benzene rings is 1. The van der Waals surface area contributed by atoms with Crippen LogP contribution >= 0.6 is 12.4 Å². The molecule has 17 heavy (non-hydrogen) atoms. The molecule has 0 fully saturated rings. The van der Waals surface area contributed by atoms with Crippen LogP contribution in [0.1, 0.15) is 12.5 Å². The number of fused-ring (bicyclic) bond motifs is 1. The Bertz CT molecular complexity index is 412. The predicted molar refractivity (Wildman–Crippen MR) is 65.3 cm³/mol. The minimum absolute atomic E-state index is 0. The summed E-state index contributed by atoms with van der Waals surface area (Å²) in [6, 6.07) is 5.33. The third-order valence-corrected chi connectivity index (χ3v) is 2.48. The highest BCUT2D eigenvalue weighted by Gasteiger charge is 2.13. The Morgan fingerprint density at radius 2 is 2.18 bits per heavy atom. The maximum Gasteiger partial charge on any atom is 0.234 e. The van der Waals surface area contributed by atoms with Gasteiger partial charge in [-0.1, -0.05) is 6.07 Å². The molecule has 0 saturated carbocycles. The van der Waals surface area contributed by atoms with E-state index in [1.54, 1.807) is 6.92 Å². The SMILES string of the molecule is CC(NCc1ccc2c(c1)OCO2)C(N)=O.Cl. The van der Waals surface area contributed by atoms with E-state index >= 15 is 0 Å². The third kappa shape index (κ3) is 3.25. The molecule has 1 heterocycles. The maximum atomic E-state index is 10.8. The van der Waals surface area contributed by atoms with Crippen LogP contribution in [0.25, 0.3) is 0 Å². The molecule has 0 spiro atoms. The zero-order valence-corrected chi connectivity index (χ0v) is 10.3. The lowest BCUT2D eigenvalue weighted by molar-refractivity contribution is -0.119. The summed E-state index contributed by atoms with van der Waals surface area (Å²) in [5.41, 5.74) is 6.17. The van der Waals surface area contributed by atoms with Gasteiger partial charge in [-0.15, -0.1) is 12.4 Å². The summed E-state index contributed by atoms with van der Waals surface area (Å²) in [5.74, 6) is 1.14. The van der Waals surface area contributed by atoms with Crippen molar-refractivity contribution in [2.24, 2.45) is 5.73 Å². The monoisotopic (exact) mass is 258 g/mol. The van der Waals surface area contributed by atoms with Crippen LogP contribution in [0, 0.1) is 0 Å². The van der Waals surface area contributed by atoms with Gasteiger partial charge in [-0.25, -0.2) is 0 Å². The molecule has 0 aliphatic carbocycles.